The van der Waals surface area contributed by atoms with E-state index in [-0.39, 0.29) is 18.6 Å². The molecular formula is C19H38O5Si. The van der Waals surface area contributed by atoms with E-state index in [2.05, 4.69) is 6.58 Å². The van der Waals surface area contributed by atoms with Gasteiger partial charge in [-0.2, -0.15) is 0 Å². The maximum absolute atomic E-state index is 11.3. The normalized spacial score (nSPS) is 22.1. The summed E-state index contributed by atoms with van der Waals surface area (Å²) in [6.45, 7) is 5.71. The first-order chi connectivity index (χ1) is 11.5. The Kier molecular flexibility index (Phi) is 11.5. The number of ether oxygens (including phenoxy) is 2. The highest BCUT2D eigenvalue weighted by atomic mass is 28.4. The summed E-state index contributed by atoms with van der Waals surface area (Å²) in [5, 5.41) is -0.235. The quantitative estimate of drug-likeness (QED) is 0.230. The highest BCUT2D eigenvalue weighted by molar-refractivity contribution is 6.70. The zero-order chi connectivity index (χ0) is 18.1. The largest absolute Gasteiger partial charge is 0.462 e. The van der Waals surface area contributed by atoms with Crippen molar-refractivity contribution in [3.63, 3.8) is 0 Å². The number of carbonyl (C=O) groups is 1. The van der Waals surface area contributed by atoms with Crippen LogP contribution in [0.25, 0.3) is 0 Å². The van der Waals surface area contributed by atoms with Gasteiger partial charge in [-0.3, -0.25) is 0 Å². The fraction of sp³-hybridized carbons (Fsp3) is 0.842. The zero-order valence-corrected chi connectivity index (χ0v) is 16.8. The van der Waals surface area contributed by atoms with Crippen molar-refractivity contribution in [1.82, 2.24) is 0 Å². The lowest BCUT2D eigenvalue weighted by molar-refractivity contribution is -0.139. The fourth-order valence-electron chi connectivity index (χ4n) is 3.68. The summed E-state index contributed by atoms with van der Waals surface area (Å²) in [5.41, 5.74) is 0.453. The second kappa shape index (κ2) is 11.8. The molecule has 0 saturated carbocycles. The van der Waals surface area contributed by atoms with E-state index in [9.17, 15) is 4.79 Å². The molecule has 1 aliphatic heterocycles. The minimum absolute atomic E-state index is 0. The molecule has 0 bridgehead atoms. The van der Waals surface area contributed by atoms with Crippen molar-refractivity contribution in [2.45, 2.75) is 77.0 Å². The first-order valence-corrected chi connectivity index (χ1v) is 11.0. The summed E-state index contributed by atoms with van der Waals surface area (Å²) in [7, 11) is 3.02. The summed E-state index contributed by atoms with van der Waals surface area (Å²) < 4.78 is 22.9. The average molecular weight is 375 g/mol. The molecular weight excluding hydrogens is 336 g/mol. The third kappa shape index (κ3) is 6.20. The second-order valence-electron chi connectivity index (χ2n) is 6.65. The predicted molar refractivity (Wildman–Crippen MR) is 104 cm³/mol. The Balaban J connectivity index is 0.00000576. The van der Waals surface area contributed by atoms with Gasteiger partial charge in [0, 0.05) is 26.9 Å². The molecule has 1 aliphatic rings. The van der Waals surface area contributed by atoms with Crippen LogP contribution in [0.5, 0.6) is 0 Å². The first-order valence-electron chi connectivity index (χ1n) is 8.95. The first kappa shape index (κ1) is 24.3. The molecule has 1 fully saturated rings. The molecule has 1 unspecified atom stereocenters. The molecule has 0 aliphatic carbocycles. The molecule has 1 heterocycles. The SMILES string of the molecule is C.C=C(C)C(=O)OCCCCCCC1(OC)CCCC[Si]1(OC)OC. The summed E-state index contributed by atoms with van der Waals surface area (Å²) in [4.78, 5) is 11.3. The highest BCUT2D eigenvalue weighted by Gasteiger charge is 2.58. The van der Waals surface area contributed by atoms with Gasteiger partial charge >= 0.3 is 14.5 Å². The van der Waals surface area contributed by atoms with Crippen LogP contribution in [0.3, 0.4) is 0 Å². The van der Waals surface area contributed by atoms with Crippen LogP contribution in [0, 0.1) is 0 Å². The lowest BCUT2D eigenvalue weighted by Crippen LogP contribution is -2.64. The number of carbonyl (C=O) groups excluding carboxylic acids is 1. The standard InChI is InChI=1S/C18H34O5Si.CH4/c1-16(2)17(19)23-14-10-7-6-8-12-18(20-3)13-9-11-15-24(18,21-4)22-5;/h1,6-15H2,2-5H3;1H4. The van der Waals surface area contributed by atoms with Gasteiger partial charge in [0.15, 0.2) is 0 Å². The van der Waals surface area contributed by atoms with Crippen molar-refractivity contribution in [3.05, 3.63) is 12.2 Å². The Hall–Kier alpha value is -0.693. The van der Waals surface area contributed by atoms with Crippen molar-refractivity contribution in [2.24, 2.45) is 0 Å². The second-order valence-corrected chi connectivity index (χ2v) is 10.4. The van der Waals surface area contributed by atoms with Crippen molar-refractivity contribution in [3.8, 4) is 0 Å². The minimum Gasteiger partial charge on any atom is -0.462 e. The maximum atomic E-state index is 11.3. The van der Waals surface area contributed by atoms with Gasteiger partial charge in [0.1, 0.15) is 5.22 Å². The van der Waals surface area contributed by atoms with Crippen LogP contribution in [0.1, 0.15) is 65.7 Å². The van der Waals surface area contributed by atoms with Crippen LogP contribution in [0.4, 0.5) is 0 Å². The number of unbranched alkanes of at least 4 members (excludes halogenated alkanes) is 3. The lowest BCUT2D eigenvalue weighted by atomic mass is 10.0. The van der Waals surface area contributed by atoms with Crippen molar-refractivity contribution >= 4 is 14.5 Å². The molecule has 0 aromatic rings. The van der Waals surface area contributed by atoms with E-state index in [0.29, 0.717) is 12.2 Å². The molecule has 1 saturated heterocycles. The molecule has 6 heteroatoms. The summed E-state index contributed by atoms with van der Waals surface area (Å²) in [5.74, 6) is -0.300. The fourth-order valence-corrected chi connectivity index (χ4v) is 7.59. The minimum atomic E-state index is -2.31. The topological polar surface area (TPSA) is 54.0 Å². The van der Waals surface area contributed by atoms with Gasteiger partial charge in [-0.15, -0.1) is 0 Å². The van der Waals surface area contributed by atoms with E-state index in [1.807, 2.05) is 0 Å². The van der Waals surface area contributed by atoms with Crippen molar-refractivity contribution in [2.75, 3.05) is 27.9 Å². The van der Waals surface area contributed by atoms with Gasteiger partial charge in [-0.25, -0.2) is 4.79 Å². The number of hydrogen-bond donors (Lipinski definition) is 0. The third-order valence-corrected chi connectivity index (χ3v) is 9.56. The number of hydrogen-bond acceptors (Lipinski definition) is 5. The molecule has 1 rings (SSSR count). The van der Waals surface area contributed by atoms with Crippen molar-refractivity contribution < 1.29 is 23.1 Å². The van der Waals surface area contributed by atoms with E-state index in [1.54, 1.807) is 28.3 Å². The molecule has 0 aromatic carbocycles. The molecule has 0 N–H and O–H groups in total. The Bertz CT molecular complexity index is 409. The molecule has 148 valence electrons. The van der Waals surface area contributed by atoms with Crippen LogP contribution in [0.15, 0.2) is 12.2 Å². The smallest absolute Gasteiger partial charge is 0.370 e. The number of methoxy groups -OCH3 is 1. The van der Waals surface area contributed by atoms with Crippen molar-refractivity contribution in [1.29, 1.82) is 0 Å². The van der Waals surface area contributed by atoms with Crippen LogP contribution in [-0.2, 0) is 23.1 Å². The van der Waals surface area contributed by atoms with E-state index < -0.39 is 8.56 Å². The average Bonchev–Trinajstić information content (AvgIpc) is 2.60. The Morgan fingerprint density at radius 3 is 2.28 bits per heavy atom. The van der Waals surface area contributed by atoms with Gasteiger partial charge < -0.3 is 18.3 Å². The monoisotopic (exact) mass is 374 g/mol. The Labute approximate surface area is 155 Å². The molecule has 25 heavy (non-hydrogen) atoms. The number of esters is 1. The highest BCUT2D eigenvalue weighted by Crippen LogP contribution is 2.43. The van der Waals surface area contributed by atoms with E-state index >= 15 is 0 Å². The van der Waals surface area contributed by atoms with Crippen LogP contribution in [0.2, 0.25) is 6.04 Å². The Morgan fingerprint density at radius 2 is 1.72 bits per heavy atom. The van der Waals surface area contributed by atoms with Crippen LogP contribution >= 0.6 is 0 Å². The molecule has 0 radical (unpaired) electrons. The van der Waals surface area contributed by atoms with E-state index in [1.165, 1.54) is 6.42 Å². The molecule has 0 spiro atoms. The molecule has 5 nitrogen and oxygen atoms in total. The number of rotatable bonds is 11. The van der Waals surface area contributed by atoms with E-state index in [0.717, 1.165) is 51.0 Å². The van der Waals surface area contributed by atoms with Gasteiger partial charge in [0.05, 0.1) is 6.61 Å². The Morgan fingerprint density at radius 1 is 1.08 bits per heavy atom. The summed E-state index contributed by atoms with van der Waals surface area (Å²) in [6.07, 6.45) is 8.42. The summed E-state index contributed by atoms with van der Waals surface area (Å²) in [6, 6.07) is 1.00. The molecule has 0 aromatic heterocycles. The van der Waals surface area contributed by atoms with Crippen LogP contribution < -0.4 is 0 Å². The molecule has 1 atom stereocenters. The summed E-state index contributed by atoms with van der Waals surface area (Å²) >= 11 is 0. The third-order valence-electron chi connectivity index (χ3n) is 5.14. The molecule has 0 amide bonds. The maximum Gasteiger partial charge on any atom is 0.370 e. The van der Waals surface area contributed by atoms with Gasteiger partial charge in [0.25, 0.3) is 0 Å². The van der Waals surface area contributed by atoms with E-state index in [4.69, 9.17) is 18.3 Å². The van der Waals surface area contributed by atoms with Gasteiger partial charge in [0.2, 0.25) is 0 Å². The lowest BCUT2D eigenvalue weighted by Gasteiger charge is -2.48. The van der Waals surface area contributed by atoms with Crippen LogP contribution in [-0.4, -0.2) is 47.7 Å². The van der Waals surface area contributed by atoms with Gasteiger partial charge in [-0.1, -0.05) is 46.1 Å². The zero-order valence-electron chi connectivity index (χ0n) is 15.8. The van der Waals surface area contributed by atoms with Gasteiger partial charge in [-0.05, 0) is 32.2 Å². The predicted octanol–water partition coefficient (Wildman–Crippen LogP) is 4.54.